The summed E-state index contributed by atoms with van der Waals surface area (Å²) in [6, 6.07) is 5.43. The number of hydrogen-bond donors (Lipinski definition) is 3. The number of aromatic nitrogens is 1. The monoisotopic (exact) mass is 261 g/mol. The fraction of sp³-hybridized carbons (Fsp3) is 0.357. The summed E-state index contributed by atoms with van der Waals surface area (Å²) < 4.78 is 5.22. The van der Waals surface area contributed by atoms with Crippen molar-refractivity contribution in [2.45, 2.75) is 19.4 Å². The molecule has 0 aliphatic carbocycles. The van der Waals surface area contributed by atoms with E-state index in [1.807, 2.05) is 24.4 Å². The molecule has 0 saturated carbocycles. The van der Waals surface area contributed by atoms with Crippen LogP contribution >= 0.6 is 0 Å². The minimum absolute atomic E-state index is 0.127. The molecule has 102 valence electrons. The second kappa shape index (κ2) is 5.75. The fourth-order valence-electron chi connectivity index (χ4n) is 1.97. The van der Waals surface area contributed by atoms with E-state index < -0.39 is 6.04 Å². The Bertz CT molecular complexity index is 575. The number of amides is 1. The quantitative estimate of drug-likeness (QED) is 0.756. The number of fused-ring (bicyclic) bond motifs is 1. The van der Waals surface area contributed by atoms with Crippen molar-refractivity contribution >= 4 is 16.8 Å². The SMILES string of the molecule is COc1ccc2[nH]cc(CCNC(=O)C(C)N)c2c1. The number of carbonyl (C=O) groups is 1. The highest BCUT2D eigenvalue weighted by Crippen LogP contribution is 2.23. The molecule has 19 heavy (non-hydrogen) atoms. The van der Waals surface area contributed by atoms with Crippen LogP contribution in [0, 0.1) is 0 Å². The van der Waals surface area contributed by atoms with Crippen molar-refractivity contribution in [2.24, 2.45) is 5.73 Å². The lowest BCUT2D eigenvalue weighted by Gasteiger charge is -2.07. The van der Waals surface area contributed by atoms with Gasteiger partial charge in [-0.3, -0.25) is 4.79 Å². The molecule has 0 saturated heterocycles. The Morgan fingerprint density at radius 1 is 1.53 bits per heavy atom. The van der Waals surface area contributed by atoms with Gasteiger partial charge in [-0.2, -0.15) is 0 Å². The van der Waals surface area contributed by atoms with Gasteiger partial charge in [-0.15, -0.1) is 0 Å². The van der Waals surface area contributed by atoms with Gasteiger partial charge < -0.3 is 20.8 Å². The molecule has 1 unspecified atom stereocenters. The zero-order valence-electron chi connectivity index (χ0n) is 11.2. The van der Waals surface area contributed by atoms with Gasteiger partial charge in [-0.25, -0.2) is 0 Å². The third-order valence-corrected chi connectivity index (χ3v) is 3.08. The highest BCUT2D eigenvalue weighted by Gasteiger charge is 2.08. The smallest absolute Gasteiger partial charge is 0.236 e. The largest absolute Gasteiger partial charge is 0.497 e. The maximum atomic E-state index is 11.4. The molecule has 0 spiro atoms. The number of ether oxygens (including phenoxy) is 1. The number of H-pyrrole nitrogens is 1. The molecule has 1 aromatic heterocycles. The number of benzene rings is 1. The van der Waals surface area contributed by atoms with E-state index in [1.165, 1.54) is 0 Å². The second-order valence-corrected chi connectivity index (χ2v) is 4.56. The van der Waals surface area contributed by atoms with Crippen LogP contribution in [0.1, 0.15) is 12.5 Å². The Balaban J connectivity index is 2.06. The fourth-order valence-corrected chi connectivity index (χ4v) is 1.97. The van der Waals surface area contributed by atoms with Crippen LogP contribution in [0.2, 0.25) is 0 Å². The number of methoxy groups -OCH3 is 1. The summed E-state index contributed by atoms with van der Waals surface area (Å²) in [7, 11) is 1.65. The number of rotatable bonds is 5. The van der Waals surface area contributed by atoms with E-state index in [1.54, 1.807) is 14.0 Å². The van der Waals surface area contributed by atoms with E-state index >= 15 is 0 Å². The van der Waals surface area contributed by atoms with Crippen LogP contribution in [0.4, 0.5) is 0 Å². The van der Waals surface area contributed by atoms with Gasteiger partial charge in [0.15, 0.2) is 0 Å². The van der Waals surface area contributed by atoms with Crippen molar-refractivity contribution in [3.8, 4) is 5.75 Å². The predicted molar refractivity (Wildman–Crippen MR) is 75.2 cm³/mol. The molecule has 5 heteroatoms. The van der Waals surface area contributed by atoms with Gasteiger partial charge in [-0.1, -0.05) is 0 Å². The lowest BCUT2D eigenvalue weighted by atomic mass is 10.1. The van der Waals surface area contributed by atoms with Crippen molar-refractivity contribution in [2.75, 3.05) is 13.7 Å². The molecule has 0 radical (unpaired) electrons. The third kappa shape index (κ3) is 3.06. The normalized spacial score (nSPS) is 12.4. The van der Waals surface area contributed by atoms with Crippen LogP contribution < -0.4 is 15.8 Å². The Hall–Kier alpha value is -2.01. The highest BCUT2D eigenvalue weighted by molar-refractivity contribution is 5.85. The molecule has 0 aliphatic rings. The molecule has 1 atom stereocenters. The molecular formula is C14H19N3O2. The molecule has 1 aromatic carbocycles. The molecule has 4 N–H and O–H groups in total. The number of carbonyl (C=O) groups excluding carboxylic acids is 1. The van der Waals surface area contributed by atoms with Gasteiger partial charge in [0.05, 0.1) is 13.2 Å². The van der Waals surface area contributed by atoms with E-state index in [2.05, 4.69) is 10.3 Å². The minimum atomic E-state index is -0.469. The van der Waals surface area contributed by atoms with Crippen molar-refractivity contribution in [3.05, 3.63) is 30.0 Å². The Kier molecular flexibility index (Phi) is 4.06. The van der Waals surface area contributed by atoms with E-state index in [4.69, 9.17) is 10.5 Å². The number of aromatic amines is 1. The maximum Gasteiger partial charge on any atom is 0.236 e. The summed E-state index contributed by atoms with van der Waals surface area (Å²) in [5.41, 5.74) is 7.70. The maximum absolute atomic E-state index is 11.4. The first-order valence-corrected chi connectivity index (χ1v) is 6.29. The predicted octanol–water partition coefficient (Wildman–Crippen LogP) is 1.18. The number of nitrogens with one attached hydrogen (secondary N) is 2. The van der Waals surface area contributed by atoms with E-state index in [9.17, 15) is 4.79 Å². The van der Waals surface area contributed by atoms with Crippen molar-refractivity contribution in [1.82, 2.24) is 10.3 Å². The first-order chi connectivity index (χ1) is 9.11. The van der Waals surface area contributed by atoms with Gasteiger partial charge in [-0.05, 0) is 37.1 Å². The molecule has 5 nitrogen and oxygen atoms in total. The lowest BCUT2D eigenvalue weighted by molar-refractivity contribution is -0.121. The molecule has 1 amide bonds. The summed E-state index contributed by atoms with van der Waals surface area (Å²) in [6.07, 6.45) is 2.72. The molecule has 0 bridgehead atoms. The lowest BCUT2D eigenvalue weighted by Crippen LogP contribution is -2.39. The van der Waals surface area contributed by atoms with E-state index in [0.717, 1.165) is 28.6 Å². The topological polar surface area (TPSA) is 80.1 Å². The Labute approximate surface area is 112 Å². The minimum Gasteiger partial charge on any atom is -0.497 e. The number of hydrogen-bond acceptors (Lipinski definition) is 3. The summed E-state index contributed by atoms with van der Waals surface area (Å²) >= 11 is 0. The van der Waals surface area contributed by atoms with E-state index in [-0.39, 0.29) is 5.91 Å². The molecular weight excluding hydrogens is 242 g/mol. The van der Waals surface area contributed by atoms with Gasteiger partial charge in [0.2, 0.25) is 5.91 Å². The van der Waals surface area contributed by atoms with Gasteiger partial charge in [0.1, 0.15) is 5.75 Å². The van der Waals surface area contributed by atoms with Crippen molar-refractivity contribution in [3.63, 3.8) is 0 Å². The zero-order valence-corrected chi connectivity index (χ0v) is 11.2. The second-order valence-electron chi connectivity index (χ2n) is 4.56. The van der Waals surface area contributed by atoms with Gasteiger partial charge in [0, 0.05) is 23.6 Å². The summed E-state index contributed by atoms with van der Waals surface area (Å²) in [4.78, 5) is 14.6. The summed E-state index contributed by atoms with van der Waals surface area (Å²) in [5.74, 6) is 0.699. The molecule has 2 rings (SSSR count). The molecule has 1 heterocycles. The first kappa shape index (κ1) is 13.4. The molecule has 0 aliphatic heterocycles. The number of nitrogens with two attached hydrogens (primary N) is 1. The molecule has 2 aromatic rings. The van der Waals surface area contributed by atoms with Crippen LogP contribution in [0.15, 0.2) is 24.4 Å². The van der Waals surface area contributed by atoms with Crippen LogP contribution in [0.3, 0.4) is 0 Å². The van der Waals surface area contributed by atoms with Crippen molar-refractivity contribution in [1.29, 1.82) is 0 Å². The zero-order chi connectivity index (χ0) is 13.8. The van der Waals surface area contributed by atoms with Gasteiger partial charge >= 0.3 is 0 Å². The standard InChI is InChI=1S/C14H19N3O2/c1-9(15)14(18)16-6-5-10-8-17-13-4-3-11(19-2)7-12(10)13/h3-4,7-9,17H,5-6,15H2,1-2H3,(H,16,18). The van der Waals surface area contributed by atoms with Crippen LogP contribution in [0.25, 0.3) is 10.9 Å². The Morgan fingerprint density at radius 3 is 3.00 bits per heavy atom. The van der Waals surface area contributed by atoms with Crippen LogP contribution in [0.5, 0.6) is 5.75 Å². The highest BCUT2D eigenvalue weighted by atomic mass is 16.5. The Morgan fingerprint density at radius 2 is 2.32 bits per heavy atom. The first-order valence-electron chi connectivity index (χ1n) is 6.29. The van der Waals surface area contributed by atoms with Crippen molar-refractivity contribution < 1.29 is 9.53 Å². The van der Waals surface area contributed by atoms with Gasteiger partial charge in [0.25, 0.3) is 0 Å². The van der Waals surface area contributed by atoms with Crippen LogP contribution in [-0.4, -0.2) is 30.6 Å². The summed E-state index contributed by atoms with van der Waals surface area (Å²) in [5, 5.41) is 3.92. The summed E-state index contributed by atoms with van der Waals surface area (Å²) in [6.45, 7) is 2.25. The average Bonchev–Trinajstić information content (AvgIpc) is 2.81. The van der Waals surface area contributed by atoms with E-state index in [0.29, 0.717) is 6.54 Å². The average molecular weight is 261 g/mol. The third-order valence-electron chi connectivity index (χ3n) is 3.08. The van der Waals surface area contributed by atoms with Crippen LogP contribution in [-0.2, 0) is 11.2 Å². The molecule has 0 fully saturated rings.